The first-order valence-electron chi connectivity index (χ1n) is 7.30. The van der Waals surface area contributed by atoms with Crippen LogP contribution >= 0.6 is 11.8 Å². The summed E-state index contributed by atoms with van der Waals surface area (Å²) in [5, 5.41) is 11.3. The molecule has 0 fully saturated rings. The molecule has 25 heavy (non-hydrogen) atoms. The summed E-state index contributed by atoms with van der Waals surface area (Å²) in [7, 11) is 1.58. The van der Waals surface area contributed by atoms with E-state index in [-0.39, 0.29) is 5.03 Å². The zero-order chi connectivity index (χ0) is 17.8. The second-order valence-corrected chi connectivity index (χ2v) is 6.14. The van der Waals surface area contributed by atoms with Crippen molar-refractivity contribution in [3.8, 4) is 5.75 Å². The van der Waals surface area contributed by atoms with Gasteiger partial charge in [-0.3, -0.25) is 15.1 Å². The predicted molar refractivity (Wildman–Crippen MR) is 96.1 cm³/mol. The first-order valence-corrected chi connectivity index (χ1v) is 8.28. The molecule has 0 radical (unpaired) electrons. The molecule has 2 aromatic carbocycles. The van der Waals surface area contributed by atoms with Crippen molar-refractivity contribution in [2.75, 3.05) is 7.11 Å². The summed E-state index contributed by atoms with van der Waals surface area (Å²) in [6.45, 7) is 0. The Bertz CT molecular complexity index is 988. The third-order valence-corrected chi connectivity index (χ3v) is 4.50. The normalized spacial score (nSPS) is 11.6. The standard InChI is InChI=1S/C17H14N2O5S/c1-23-13-5-2-11(3-6-13)10-25-16(19(21)22)9-12-4-7-15-14(8-12)18-17(20)24-15/h2-9H,10H2,1H3,(H,18,20). The largest absolute Gasteiger partial charge is 0.497 e. The average molecular weight is 358 g/mol. The predicted octanol–water partition coefficient (Wildman–Crippen LogP) is 3.64. The number of hydrogen-bond acceptors (Lipinski definition) is 6. The number of hydrogen-bond donors (Lipinski definition) is 1. The van der Waals surface area contributed by atoms with Crippen LogP contribution < -0.4 is 10.5 Å². The number of nitrogens with one attached hydrogen (secondary N) is 1. The van der Waals surface area contributed by atoms with Crippen LogP contribution in [0.3, 0.4) is 0 Å². The maximum atomic E-state index is 11.3. The van der Waals surface area contributed by atoms with Crippen molar-refractivity contribution in [1.82, 2.24) is 4.98 Å². The van der Waals surface area contributed by atoms with E-state index in [4.69, 9.17) is 9.15 Å². The Morgan fingerprint density at radius 1 is 1.32 bits per heavy atom. The van der Waals surface area contributed by atoms with Crippen molar-refractivity contribution in [2.24, 2.45) is 0 Å². The van der Waals surface area contributed by atoms with Crippen molar-refractivity contribution in [3.63, 3.8) is 0 Å². The van der Waals surface area contributed by atoms with Gasteiger partial charge in [0.05, 0.1) is 17.5 Å². The van der Waals surface area contributed by atoms with Crippen LogP contribution in [0.1, 0.15) is 11.1 Å². The molecule has 0 bridgehead atoms. The van der Waals surface area contributed by atoms with Gasteiger partial charge in [-0.15, -0.1) is 0 Å². The molecule has 1 heterocycles. The van der Waals surface area contributed by atoms with Gasteiger partial charge in [0.25, 0.3) is 0 Å². The van der Waals surface area contributed by atoms with Crippen LogP contribution in [-0.4, -0.2) is 17.0 Å². The fraction of sp³-hybridized carbons (Fsp3) is 0.118. The number of ether oxygens (including phenoxy) is 1. The topological polar surface area (TPSA) is 98.4 Å². The number of rotatable bonds is 6. The molecule has 0 atom stereocenters. The number of H-pyrrole nitrogens is 1. The minimum atomic E-state index is -0.556. The molecular formula is C17H14N2O5S. The van der Waals surface area contributed by atoms with E-state index in [0.717, 1.165) is 23.1 Å². The number of oxazole rings is 1. The first kappa shape index (κ1) is 16.8. The zero-order valence-electron chi connectivity index (χ0n) is 13.2. The maximum absolute atomic E-state index is 11.3. The molecule has 128 valence electrons. The number of nitrogens with zero attached hydrogens (tertiary/aromatic N) is 1. The number of methoxy groups -OCH3 is 1. The smallest absolute Gasteiger partial charge is 0.417 e. The summed E-state index contributed by atoms with van der Waals surface area (Å²) in [5.41, 5.74) is 2.48. The van der Waals surface area contributed by atoms with Crippen molar-refractivity contribution in [3.05, 3.63) is 79.3 Å². The Hall–Kier alpha value is -3.00. The minimum absolute atomic E-state index is 0.0148. The van der Waals surface area contributed by atoms with Gasteiger partial charge in [-0.2, -0.15) is 0 Å². The van der Waals surface area contributed by atoms with Crippen LogP contribution in [0.15, 0.2) is 56.7 Å². The van der Waals surface area contributed by atoms with Gasteiger partial charge >= 0.3 is 10.8 Å². The Morgan fingerprint density at radius 3 is 2.76 bits per heavy atom. The van der Waals surface area contributed by atoms with Crippen LogP contribution in [0.25, 0.3) is 17.2 Å². The molecule has 1 N–H and O–H groups in total. The number of benzene rings is 2. The van der Waals surface area contributed by atoms with Crippen LogP contribution in [0.2, 0.25) is 0 Å². The van der Waals surface area contributed by atoms with E-state index in [1.165, 1.54) is 6.08 Å². The summed E-state index contributed by atoms with van der Waals surface area (Å²) in [4.78, 5) is 24.6. The van der Waals surface area contributed by atoms with E-state index >= 15 is 0 Å². The molecule has 1 aromatic heterocycles. The zero-order valence-corrected chi connectivity index (χ0v) is 14.0. The highest BCUT2D eigenvalue weighted by atomic mass is 32.2. The van der Waals surface area contributed by atoms with Gasteiger partial charge in [0.15, 0.2) is 5.58 Å². The van der Waals surface area contributed by atoms with Gasteiger partial charge in [0.2, 0.25) is 0 Å². The molecule has 0 spiro atoms. The van der Waals surface area contributed by atoms with Gasteiger partial charge in [-0.1, -0.05) is 18.2 Å². The van der Waals surface area contributed by atoms with Gasteiger partial charge in [0.1, 0.15) is 5.75 Å². The average Bonchev–Trinajstić information content (AvgIpc) is 2.98. The van der Waals surface area contributed by atoms with E-state index in [2.05, 4.69) is 4.98 Å². The lowest BCUT2D eigenvalue weighted by Crippen LogP contribution is -1.95. The molecule has 0 amide bonds. The Balaban J connectivity index is 1.79. The van der Waals surface area contributed by atoms with Crippen LogP contribution in [0, 0.1) is 10.1 Å². The molecule has 3 aromatic rings. The lowest BCUT2D eigenvalue weighted by atomic mass is 10.2. The molecule has 0 aliphatic rings. The number of aromatic nitrogens is 1. The van der Waals surface area contributed by atoms with Gasteiger partial charge in [-0.05, 0) is 47.2 Å². The lowest BCUT2D eigenvalue weighted by Gasteiger charge is -2.03. The van der Waals surface area contributed by atoms with Gasteiger partial charge in [-0.25, -0.2) is 4.79 Å². The van der Waals surface area contributed by atoms with E-state index < -0.39 is 10.7 Å². The molecular weight excluding hydrogens is 344 g/mol. The maximum Gasteiger partial charge on any atom is 0.417 e. The summed E-state index contributed by atoms with van der Waals surface area (Å²) in [5.74, 6) is 0.641. The fourth-order valence-corrected chi connectivity index (χ4v) is 3.06. The van der Waals surface area contributed by atoms with Crippen molar-refractivity contribution in [1.29, 1.82) is 0 Å². The summed E-state index contributed by atoms with van der Waals surface area (Å²) in [6, 6.07) is 12.3. The van der Waals surface area contributed by atoms with Gasteiger partial charge < -0.3 is 9.15 Å². The SMILES string of the molecule is COc1ccc(CSC(=Cc2ccc3oc(=O)[nH]c3c2)[N+](=O)[O-])cc1. The lowest BCUT2D eigenvalue weighted by molar-refractivity contribution is -0.408. The second-order valence-electron chi connectivity index (χ2n) is 5.15. The fourth-order valence-electron chi connectivity index (χ4n) is 2.23. The Morgan fingerprint density at radius 2 is 2.08 bits per heavy atom. The van der Waals surface area contributed by atoms with Crippen LogP contribution in [0.5, 0.6) is 5.75 Å². The summed E-state index contributed by atoms with van der Waals surface area (Å²) in [6.07, 6.45) is 1.47. The highest BCUT2D eigenvalue weighted by Crippen LogP contribution is 2.26. The second kappa shape index (κ2) is 7.27. The number of aromatic amines is 1. The molecule has 8 heteroatoms. The van der Waals surface area contributed by atoms with Crippen molar-refractivity contribution in [2.45, 2.75) is 5.75 Å². The Kier molecular flexibility index (Phi) is 4.90. The van der Waals surface area contributed by atoms with Crippen molar-refractivity contribution < 1.29 is 14.1 Å². The number of nitro groups is 1. The van der Waals surface area contributed by atoms with E-state index in [0.29, 0.717) is 22.4 Å². The third kappa shape index (κ3) is 4.10. The van der Waals surface area contributed by atoms with Gasteiger partial charge in [0, 0.05) is 11.8 Å². The summed E-state index contributed by atoms with van der Waals surface area (Å²) < 4.78 is 10.0. The molecule has 0 aliphatic carbocycles. The highest BCUT2D eigenvalue weighted by Gasteiger charge is 2.13. The highest BCUT2D eigenvalue weighted by molar-refractivity contribution is 8.02. The third-order valence-electron chi connectivity index (χ3n) is 3.46. The summed E-state index contributed by atoms with van der Waals surface area (Å²) >= 11 is 1.13. The molecule has 0 unspecified atom stereocenters. The first-order chi connectivity index (χ1) is 12.0. The Labute approximate surface area is 146 Å². The monoisotopic (exact) mass is 358 g/mol. The van der Waals surface area contributed by atoms with Crippen LogP contribution in [0.4, 0.5) is 0 Å². The van der Waals surface area contributed by atoms with Crippen molar-refractivity contribution >= 4 is 28.9 Å². The molecule has 0 saturated carbocycles. The van der Waals surface area contributed by atoms with E-state index in [1.54, 1.807) is 25.3 Å². The van der Waals surface area contributed by atoms with E-state index in [9.17, 15) is 14.9 Å². The van der Waals surface area contributed by atoms with Crippen LogP contribution in [-0.2, 0) is 5.75 Å². The number of thioether (sulfide) groups is 1. The van der Waals surface area contributed by atoms with E-state index in [1.807, 2.05) is 24.3 Å². The molecule has 7 nitrogen and oxygen atoms in total. The quantitative estimate of drug-likeness (QED) is 0.533. The minimum Gasteiger partial charge on any atom is -0.497 e. The number of fused-ring (bicyclic) bond motifs is 1. The molecule has 0 saturated heterocycles. The molecule has 0 aliphatic heterocycles. The molecule has 3 rings (SSSR count).